The maximum atomic E-state index is 5.01. The Labute approximate surface area is 82.4 Å². The molecule has 0 aliphatic carbocycles. The van der Waals surface area contributed by atoms with Crippen LogP contribution < -0.4 is 5.32 Å². The maximum Gasteiger partial charge on any atom is 0.0474 e. The van der Waals surface area contributed by atoms with E-state index in [1.54, 1.807) is 7.11 Å². The number of methoxy groups -OCH3 is 1. The van der Waals surface area contributed by atoms with Crippen molar-refractivity contribution in [3.8, 4) is 0 Å². The van der Waals surface area contributed by atoms with Gasteiger partial charge in [-0.15, -0.1) is 0 Å². The fourth-order valence-corrected chi connectivity index (χ4v) is 1.19. The topological polar surface area (TPSA) is 24.5 Å². The molecule has 0 bridgehead atoms. The second kappa shape index (κ2) is 8.48. The normalized spacial score (nSPS) is 13.6. The predicted octanol–water partition coefficient (Wildman–Crippen LogP) is 0.953. The molecule has 0 aliphatic rings. The number of hydrogen-bond donors (Lipinski definition) is 1. The lowest BCUT2D eigenvalue weighted by atomic mass is 10.3. The minimum absolute atomic E-state index is 0.608. The van der Waals surface area contributed by atoms with Crippen LogP contribution in [0, 0.1) is 0 Å². The van der Waals surface area contributed by atoms with Crippen molar-refractivity contribution in [1.29, 1.82) is 0 Å². The molecule has 0 fully saturated rings. The van der Waals surface area contributed by atoms with Gasteiger partial charge in [0, 0.05) is 32.8 Å². The van der Waals surface area contributed by atoms with E-state index in [9.17, 15) is 0 Å². The predicted molar refractivity (Wildman–Crippen MR) is 57.1 cm³/mol. The summed E-state index contributed by atoms with van der Waals surface area (Å²) in [6, 6.07) is 0.608. The molecule has 0 spiro atoms. The van der Waals surface area contributed by atoms with Crippen molar-refractivity contribution in [2.24, 2.45) is 0 Å². The molecule has 0 rings (SSSR count). The number of nitrogens with zero attached hydrogens (tertiary/aromatic N) is 1. The van der Waals surface area contributed by atoms with Gasteiger partial charge in [-0.1, -0.05) is 6.92 Å². The van der Waals surface area contributed by atoms with E-state index in [1.165, 1.54) is 0 Å². The third-order valence-corrected chi connectivity index (χ3v) is 2.30. The van der Waals surface area contributed by atoms with E-state index in [1.807, 2.05) is 0 Å². The van der Waals surface area contributed by atoms with E-state index in [4.69, 9.17) is 4.74 Å². The zero-order chi connectivity index (χ0) is 10.1. The highest BCUT2D eigenvalue weighted by Gasteiger charge is 2.06. The number of rotatable bonds is 8. The van der Waals surface area contributed by atoms with Gasteiger partial charge in [0.15, 0.2) is 0 Å². The van der Waals surface area contributed by atoms with E-state index >= 15 is 0 Å². The molecule has 0 radical (unpaired) electrons. The van der Waals surface area contributed by atoms with Crippen LogP contribution in [0.25, 0.3) is 0 Å². The minimum Gasteiger partial charge on any atom is -0.385 e. The van der Waals surface area contributed by atoms with Gasteiger partial charge in [-0.3, -0.25) is 0 Å². The highest BCUT2D eigenvalue weighted by atomic mass is 16.5. The molecule has 0 aliphatic heterocycles. The Morgan fingerprint density at radius 3 is 2.69 bits per heavy atom. The quantitative estimate of drug-likeness (QED) is 0.574. The fourth-order valence-electron chi connectivity index (χ4n) is 1.19. The largest absolute Gasteiger partial charge is 0.385 e. The van der Waals surface area contributed by atoms with Crippen molar-refractivity contribution in [3.05, 3.63) is 0 Å². The summed E-state index contributed by atoms with van der Waals surface area (Å²) >= 11 is 0. The van der Waals surface area contributed by atoms with Crippen LogP contribution in [-0.4, -0.2) is 51.3 Å². The molecule has 13 heavy (non-hydrogen) atoms. The lowest BCUT2D eigenvalue weighted by molar-refractivity contribution is 0.168. The highest BCUT2D eigenvalue weighted by Crippen LogP contribution is 1.95. The van der Waals surface area contributed by atoms with Crippen LogP contribution in [0.5, 0.6) is 0 Å². The van der Waals surface area contributed by atoms with Gasteiger partial charge in [-0.05, 0) is 26.9 Å². The zero-order valence-corrected chi connectivity index (χ0v) is 9.47. The molecular formula is C10H24N2O. The van der Waals surface area contributed by atoms with Crippen molar-refractivity contribution in [2.45, 2.75) is 26.3 Å². The van der Waals surface area contributed by atoms with E-state index in [0.29, 0.717) is 6.04 Å². The molecule has 1 atom stereocenters. The second-order valence-electron chi connectivity index (χ2n) is 3.48. The summed E-state index contributed by atoms with van der Waals surface area (Å²) in [6.45, 7) is 8.47. The van der Waals surface area contributed by atoms with Crippen LogP contribution >= 0.6 is 0 Å². The van der Waals surface area contributed by atoms with Crippen LogP contribution in [0.3, 0.4) is 0 Å². The summed E-state index contributed by atoms with van der Waals surface area (Å²) in [7, 11) is 3.92. The van der Waals surface area contributed by atoms with Gasteiger partial charge < -0.3 is 15.0 Å². The Hall–Kier alpha value is -0.120. The lowest BCUT2D eigenvalue weighted by Crippen LogP contribution is -2.38. The van der Waals surface area contributed by atoms with E-state index < -0.39 is 0 Å². The van der Waals surface area contributed by atoms with Crippen LogP contribution in [0.4, 0.5) is 0 Å². The number of nitrogens with one attached hydrogen (secondary N) is 1. The number of likely N-dealkylation sites (N-methyl/N-ethyl adjacent to an activating group) is 2. The first kappa shape index (κ1) is 12.9. The molecule has 0 aromatic rings. The van der Waals surface area contributed by atoms with Crippen LogP contribution in [0.15, 0.2) is 0 Å². The van der Waals surface area contributed by atoms with Gasteiger partial charge in [0.2, 0.25) is 0 Å². The molecule has 0 aromatic carbocycles. The van der Waals surface area contributed by atoms with Gasteiger partial charge in [0.05, 0.1) is 0 Å². The van der Waals surface area contributed by atoms with Crippen molar-refractivity contribution in [2.75, 3.05) is 40.4 Å². The van der Waals surface area contributed by atoms with Crippen LogP contribution in [0.1, 0.15) is 20.3 Å². The van der Waals surface area contributed by atoms with E-state index in [-0.39, 0.29) is 0 Å². The van der Waals surface area contributed by atoms with Crippen LogP contribution in [-0.2, 0) is 4.74 Å². The molecule has 1 unspecified atom stereocenters. The molecule has 0 heterocycles. The molecule has 80 valence electrons. The number of ether oxygens (including phenoxy) is 1. The molecule has 0 saturated heterocycles. The molecule has 3 nitrogen and oxygen atoms in total. The van der Waals surface area contributed by atoms with Crippen molar-refractivity contribution in [1.82, 2.24) is 10.2 Å². The summed E-state index contributed by atoms with van der Waals surface area (Å²) in [5.74, 6) is 0. The fraction of sp³-hybridized carbons (Fsp3) is 1.00. The summed E-state index contributed by atoms with van der Waals surface area (Å²) in [6.07, 6.45) is 1.11. The minimum atomic E-state index is 0.608. The Bertz CT molecular complexity index is 109. The van der Waals surface area contributed by atoms with Gasteiger partial charge in [-0.25, -0.2) is 0 Å². The van der Waals surface area contributed by atoms with Crippen LogP contribution in [0.2, 0.25) is 0 Å². The summed E-state index contributed by atoms with van der Waals surface area (Å²) < 4.78 is 5.01. The third-order valence-electron chi connectivity index (χ3n) is 2.30. The average molecular weight is 188 g/mol. The first-order chi connectivity index (χ1) is 6.22. The highest BCUT2D eigenvalue weighted by molar-refractivity contribution is 4.65. The Morgan fingerprint density at radius 1 is 1.46 bits per heavy atom. The average Bonchev–Trinajstić information content (AvgIpc) is 2.14. The Morgan fingerprint density at radius 2 is 2.15 bits per heavy atom. The van der Waals surface area contributed by atoms with E-state index in [0.717, 1.165) is 32.7 Å². The SMILES string of the molecule is CCNCC(C)N(C)CCCOC. The molecule has 0 saturated carbocycles. The maximum absolute atomic E-state index is 5.01. The first-order valence-corrected chi connectivity index (χ1v) is 5.12. The molecule has 1 N–H and O–H groups in total. The first-order valence-electron chi connectivity index (χ1n) is 5.12. The van der Waals surface area contributed by atoms with E-state index in [2.05, 4.69) is 31.1 Å². The van der Waals surface area contributed by atoms with Crippen molar-refractivity contribution < 1.29 is 4.74 Å². The molecule has 0 aromatic heterocycles. The molecule has 3 heteroatoms. The van der Waals surface area contributed by atoms with Gasteiger partial charge in [0.1, 0.15) is 0 Å². The smallest absolute Gasteiger partial charge is 0.0474 e. The lowest BCUT2D eigenvalue weighted by Gasteiger charge is -2.24. The zero-order valence-electron chi connectivity index (χ0n) is 9.47. The Kier molecular flexibility index (Phi) is 8.40. The summed E-state index contributed by atoms with van der Waals surface area (Å²) in [5, 5.41) is 3.35. The molecular weight excluding hydrogens is 164 g/mol. The van der Waals surface area contributed by atoms with Gasteiger partial charge in [0.25, 0.3) is 0 Å². The summed E-state index contributed by atoms with van der Waals surface area (Å²) in [4.78, 5) is 2.36. The van der Waals surface area contributed by atoms with Gasteiger partial charge >= 0.3 is 0 Å². The monoisotopic (exact) mass is 188 g/mol. The standard InChI is InChI=1S/C10H24N2O/c1-5-11-9-10(2)12(3)7-6-8-13-4/h10-11H,5-9H2,1-4H3. The second-order valence-corrected chi connectivity index (χ2v) is 3.48. The number of hydrogen-bond acceptors (Lipinski definition) is 3. The third kappa shape index (κ3) is 6.99. The molecule has 0 amide bonds. The Balaban J connectivity index is 3.38. The van der Waals surface area contributed by atoms with Gasteiger partial charge in [-0.2, -0.15) is 0 Å². The summed E-state index contributed by atoms with van der Waals surface area (Å²) in [5.41, 5.74) is 0. The van der Waals surface area contributed by atoms with Crippen molar-refractivity contribution in [3.63, 3.8) is 0 Å². The van der Waals surface area contributed by atoms with Crippen molar-refractivity contribution >= 4 is 0 Å².